The van der Waals surface area contributed by atoms with Crippen molar-refractivity contribution in [2.75, 3.05) is 20.3 Å². The first-order valence-corrected chi connectivity index (χ1v) is 11.2. The molecule has 168 valence electrons. The lowest BCUT2D eigenvalue weighted by Gasteiger charge is -2.18. The van der Waals surface area contributed by atoms with Crippen molar-refractivity contribution in [2.45, 2.75) is 37.6 Å². The second-order valence-electron chi connectivity index (χ2n) is 6.63. The molecule has 0 aromatic heterocycles. The minimum Gasteiger partial charge on any atom is -0.467 e. The van der Waals surface area contributed by atoms with Crippen LogP contribution in [-0.2, 0) is 33.9 Å². The summed E-state index contributed by atoms with van der Waals surface area (Å²) in [7, 11) is -2.83. The zero-order valence-corrected chi connectivity index (χ0v) is 19.1. The van der Waals surface area contributed by atoms with E-state index in [1.54, 1.807) is 0 Å². The van der Waals surface area contributed by atoms with Crippen LogP contribution in [-0.4, -0.2) is 52.6 Å². The van der Waals surface area contributed by atoms with Gasteiger partial charge in [0.25, 0.3) is 5.91 Å². The van der Waals surface area contributed by atoms with E-state index >= 15 is 0 Å². The molecule has 12 heteroatoms. The summed E-state index contributed by atoms with van der Waals surface area (Å²) in [6.07, 6.45) is 0.0275. The molecule has 0 aliphatic rings. The number of hydrogen-bond donors (Lipinski definition) is 2. The number of carbonyl (C=O) groups is 3. The van der Waals surface area contributed by atoms with Crippen LogP contribution in [0.15, 0.2) is 23.1 Å². The number of rotatable bonds is 11. The van der Waals surface area contributed by atoms with Gasteiger partial charge in [0.2, 0.25) is 10.0 Å². The Kier molecular flexibility index (Phi) is 10.5. The van der Waals surface area contributed by atoms with Gasteiger partial charge in [0.05, 0.1) is 23.6 Å². The molecule has 0 bridgehead atoms. The van der Waals surface area contributed by atoms with Crippen LogP contribution in [0.2, 0.25) is 10.0 Å². The molecular weight excluding hydrogens is 459 g/mol. The van der Waals surface area contributed by atoms with Crippen LogP contribution >= 0.6 is 23.2 Å². The average molecular weight is 483 g/mol. The largest absolute Gasteiger partial charge is 0.467 e. The highest BCUT2D eigenvalue weighted by Crippen LogP contribution is 2.28. The average Bonchev–Trinajstić information content (AvgIpc) is 2.64. The van der Waals surface area contributed by atoms with E-state index in [0.717, 1.165) is 0 Å². The van der Waals surface area contributed by atoms with Crippen molar-refractivity contribution in [1.29, 1.82) is 0 Å². The molecule has 0 heterocycles. The van der Waals surface area contributed by atoms with E-state index in [0.29, 0.717) is 6.42 Å². The summed E-state index contributed by atoms with van der Waals surface area (Å²) in [6, 6.07) is 3.39. The molecule has 0 aliphatic heterocycles. The minimum absolute atomic E-state index is 0.0594. The van der Waals surface area contributed by atoms with E-state index in [1.165, 1.54) is 25.3 Å². The van der Waals surface area contributed by atoms with Crippen molar-refractivity contribution < 1.29 is 32.3 Å². The molecule has 1 aromatic carbocycles. The monoisotopic (exact) mass is 482 g/mol. The quantitative estimate of drug-likeness (QED) is 0.460. The summed E-state index contributed by atoms with van der Waals surface area (Å²) in [6.45, 7) is 2.84. The SMILES string of the molecule is COC(=O)C(CC(C)C)NC(=O)COC(=O)CCNS(=O)(=O)c1c(Cl)cccc1Cl. The molecule has 1 atom stereocenters. The maximum Gasteiger partial charge on any atom is 0.328 e. The zero-order valence-electron chi connectivity index (χ0n) is 16.7. The Morgan fingerprint density at radius 3 is 2.27 bits per heavy atom. The molecular formula is C18H24Cl2N2O7S. The number of hydrogen-bond acceptors (Lipinski definition) is 7. The van der Waals surface area contributed by atoms with E-state index in [4.69, 9.17) is 27.9 Å². The lowest BCUT2D eigenvalue weighted by Crippen LogP contribution is -2.44. The van der Waals surface area contributed by atoms with Gasteiger partial charge in [0.1, 0.15) is 10.9 Å². The second kappa shape index (κ2) is 12.1. The number of carbonyl (C=O) groups excluding carboxylic acids is 3. The Morgan fingerprint density at radius 1 is 1.13 bits per heavy atom. The standard InChI is InChI=1S/C18H24Cl2N2O7S/c1-11(2)9-14(18(25)28-3)22-15(23)10-29-16(24)7-8-21-30(26,27)17-12(19)5-4-6-13(17)20/h4-6,11,14,21H,7-10H2,1-3H3,(H,22,23). The molecule has 0 saturated heterocycles. The summed E-state index contributed by atoms with van der Waals surface area (Å²) in [5.41, 5.74) is 0. The maximum absolute atomic E-state index is 12.3. The molecule has 0 fully saturated rings. The number of sulfonamides is 1. The van der Waals surface area contributed by atoms with Crippen molar-refractivity contribution in [2.24, 2.45) is 5.92 Å². The molecule has 1 amide bonds. The van der Waals surface area contributed by atoms with Gasteiger partial charge < -0.3 is 14.8 Å². The lowest BCUT2D eigenvalue weighted by atomic mass is 10.0. The normalized spacial score (nSPS) is 12.3. The summed E-state index contributed by atoms with van der Waals surface area (Å²) in [4.78, 5) is 35.1. The number of nitrogens with one attached hydrogen (secondary N) is 2. The van der Waals surface area contributed by atoms with Crippen LogP contribution in [0.5, 0.6) is 0 Å². The van der Waals surface area contributed by atoms with Crippen LogP contribution in [0.4, 0.5) is 0 Å². The van der Waals surface area contributed by atoms with Gasteiger partial charge in [-0.3, -0.25) is 9.59 Å². The predicted octanol–water partition coefficient (Wildman–Crippen LogP) is 1.91. The van der Waals surface area contributed by atoms with Gasteiger partial charge in [0, 0.05) is 6.54 Å². The molecule has 1 unspecified atom stereocenters. The van der Waals surface area contributed by atoms with Crippen molar-refractivity contribution >= 4 is 51.1 Å². The maximum atomic E-state index is 12.3. The highest BCUT2D eigenvalue weighted by molar-refractivity contribution is 7.89. The lowest BCUT2D eigenvalue weighted by molar-refractivity contribution is -0.150. The van der Waals surface area contributed by atoms with Gasteiger partial charge >= 0.3 is 11.9 Å². The molecule has 0 spiro atoms. The fourth-order valence-electron chi connectivity index (χ4n) is 2.38. The van der Waals surface area contributed by atoms with Crippen LogP contribution in [0.1, 0.15) is 26.7 Å². The van der Waals surface area contributed by atoms with E-state index in [1.807, 2.05) is 13.8 Å². The Morgan fingerprint density at radius 2 is 1.73 bits per heavy atom. The Bertz CT molecular complexity index is 855. The van der Waals surface area contributed by atoms with E-state index in [-0.39, 0.29) is 33.8 Å². The number of amides is 1. The van der Waals surface area contributed by atoms with Gasteiger partial charge in [-0.1, -0.05) is 43.1 Å². The fourth-order valence-corrected chi connectivity index (χ4v) is 4.55. The summed E-state index contributed by atoms with van der Waals surface area (Å²) < 4.78 is 36.2. The first kappa shape index (κ1) is 26.2. The molecule has 0 radical (unpaired) electrons. The Labute approximate surface area is 185 Å². The van der Waals surface area contributed by atoms with Gasteiger partial charge in [-0.25, -0.2) is 17.9 Å². The highest BCUT2D eigenvalue weighted by Gasteiger charge is 2.24. The van der Waals surface area contributed by atoms with Gasteiger partial charge in [-0.15, -0.1) is 0 Å². The minimum atomic E-state index is -4.04. The molecule has 1 rings (SSSR count). The first-order chi connectivity index (χ1) is 14.0. The van der Waals surface area contributed by atoms with Gasteiger partial charge in [-0.05, 0) is 24.5 Å². The van der Waals surface area contributed by atoms with Crippen molar-refractivity contribution in [3.63, 3.8) is 0 Å². The van der Waals surface area contributed by atoms with E-state index in [2.05, 4.69) is 14.8 Å². The van der Waals surface area contributed by atoms with Crippen LogP contribution in [0.3, 0.4) is 0 Å². The van der Waals surface area contributed by atoms with Crippen molar-refractivity contribution in [3.05, 3.63) is 28.2 Å². The molecule has 2 N–H and O–H groups in total. The fraction of sp³-hybridized carbons (Fsp3) is 0.500. The molecule has 1 aromatic rings. The topological polar surface area (TPSA) is 128 Å². The van der Waals surface area contributed by atoms with Crippen LogP contribution in [0, 0.1) is 5.92 Å². The van der Waals surface area contributed by atoms with Crippen LogP contribution < -0.4 is 10.0 Å². The number of benzene rings is 1. The van der Waals surface area contributed by atoms with Crippen molar-refractivity contribution in [3.8, 4) is 0 Å². The number of methoxy groups -OCH3 is 1. The summed E-state index contributed by atoms with van der Waals surface area (Å²) in [5, 5.41) is 2.32. The first-order valence-electron chi connectivity index (χ1n) is 8.94. The Balaban J connectivity index is 2.50. The highest BCUT2D eigenvalue weighted by atomic mass is 35.5. The third-order valence-corrected chi connectivity index (χ3v) is 6.12. The van der Waals surface area contributed by atoms with Crippen molar-refractivity contribution in [1.82, 2.24) is 10.0 Å². The van der Waals surface area contributed by atoms with Gasteiger partial charge in [-0.2, -0.15) is 0 Å². The molecule has 0 saturated carbocycles. The number of esters is 2. The smallest absolute Gasteiger partial charge is 0.328 e. The zero-order chi connectivity index (χ0) is 22.9. The molecule has 9 nitrogen and oxygen atoms in total. The number of halogens is 2. The second-order valence-corrected chi connectivity index (χ2v) is 9.15. The van der Waals surface area contributed by atoms with Crippen LogP contribution in [0.25, 0.3) is 0 Å². The molecule has 0 aliphatic carbocycles. The molecule has 30 heavy (non-hydrogen) atoms. The third-order valence-electron chi connectivity index (χ3n) is 3.70. The summed E-state index contributed by atoms with van der Waals surface area (Å²) >= 11 is 11.7. The van der Waals surface area contributed by atoms with Gasteiger partial charge in [0.15, 0.2) is 6.61 Å². The summed E-state index contributed by atoms with van der Waals surface area (Å²) in [5.74, 6) is -1.97. The van der Waals surface area contributed by atoms with E-state index in [9.17, 15) is 22.8 Å². The predicted molar refractivity (Wildman–Crippen MR) is 111 cm³/mol. The number of ether oxygens (including phenoxy) is 2. The Hall–Kier alpha value is -1.88. The van der Waals surface area contributed by atoms with E-state index < -0.39 is 40.5 Å². The third kappa shape index (κ3) is 8.47.